The van der Waals surface area contributed by atoms with Crippen LogP contribution >= 0.6 is 11.8 Å². The van der Waals surface area contributed by atoms with Crippen LogP contribution in [-0.2, 0) is 0 Å². The lowest BCUT2D eigenvalue weighted by Crippen LogP contribution is -2.20. The summed E-state index contributed by atoms with van der Waals surface area (Å²) in [7, 11) is 2.17. The van der Waals surface area contributed by atoms with E-state index in [0.717, 1.165) is 12.3 Å². The quantitative estimate of drug-likeness (QED) is 0.735. The summed E-state index contributed by atoms with van der Waals surface area (Å²) in [5.74, 6) is 1.10. The minimum atomic E-state index is 1.06. The molecule has 0 aliphatic carbocycles. The number of nitrogens with zero attached hydrogens (tertiary/aromatic N) is 1. The van der Waals surface area contributed by atoms with Crippen molar-refractivity contribution in [3.63, 3.8) is 0 Å². The van der Waals surface area contributed by atoms with Crippen LogP contribution in [0.15, 0.2) is 53.4 Å². The Morgan fingerprint density at radius 2 is 1.58 bits per heavy atom. The van der Waals surface area contributed by atoms with Gasteiger partial charge in [0.25, 0.3) is 0 Å². The van der Waals surface area contributed by atoms with E-state index in [0.29, 0.717) is 0 Å². The molecule has 0 aliphatic heterocycles. The maximum atomic E-state index is 2.33. The Hall–Kier alpha value is -1.41. The highest BCUT2D eigenvalue weighted by atomic mass is 32.2. The molecule has 0 heterocycles. The van der Waals surface area contributed by atoms with Crippen LogP contribution in [0.1, 0.15) is 11.1 Å². The van der Waals surface area contributed by atoms with E-state index < -0.39 is 0 Å². The Labute approximate surface area is 120 Å². The number of anilines is 1. The van der Waals surface area contributed by atoms with E-state index in [1.165, 1.54) is 21.7 Å². The molecule has 2 aromatic carbocycles. The molecule has 0 amide bonds. The Morgan fingerprint density at radius 3 is 2.21 bits per heavy atom. The predicted molar refractivity (Wildman–Crippen MR) is 86.4 cm³/mol. The van der Waals surface area contributed by atoms with Crippen LogP contribution < -0.4 is 4.90 Å². The second kappa shape index (κ2) is 6.67. The van der Waals surface area contributed by atoms with Crippen LogP contribution in [0, 0.1) is 13.8 Å². The van der Waals surface area contributed by atoms with E-state index in [4.69, 9.17) is 0 Å². The number of aryl methyl sites for hydroxylation is 2. The summed E-state index contributed by atoms with van der Waals surface area (Å²) in [5, 5.41) is 0. The molecule has 2 rings (SSSR count). The molecule has 0 aromatic heterocycles. The normalized spacial score (nSPS) is 10.5. The highest BCUT2D eigenvalue weighted by Gasteiger charge is 2.02. The second-order valence-electron chi connectivity index (χ2n) is 4.93. The van der Waals surface area contributed by atoms with Crippen molar-refractivity contribution < 1.29 is 0 Å². The lowest BCUT2D eigenvalue weighted by molar-refractivity contribution is 0.974. The van der Waals surface area contributed by atoms with Crippen LogP contribution in [0.5, 0.6) is 0 Å². The molecule has 19 heavy (non-hydrogen) atoms. The molecule has 1 nitrogen and oxygen atoms in total. The van der Waals surface area contributed by atoms with Gasteiger partial charge < -0.3 is 4.90 Å². The Balaban J connectivity index is 1.89. The van der Waals surface area contributed by atoms with Crippen molar-refractivity contribution in [1.82, 2.24) is 0 Å². The van der Waals surface area contributed by atoms with Crippen LogP contribution in [0.3, 0.4) is 0 Å². The van der Waals surface area contributed by atoms with E-state index in [-0.39, 0.29) is 0 Å². The summed E-state index contributed by atoms with van der Waals surface area (Å²) in [5.41, 5.74) is 3.97. The zero-order chi connectivity index (χ0) is 13.7. The molecule has 0 N–H and O–H groups in total. The number of hydrogen-bond donors (Lipinski definition) is 0. The molecule has 100 valence electrons. The van der Waals surface area contributed by atoms with Crippen molar-refractivity contribution >= 4 is 17.4 Å². The van der Waals surface area contributed by atoms with E-state index in [9.17, 15) is 0 Å². The van der Waals surface area contributed by atoms with Crippen molar-refractivity contribution in [2.24, 2.45) is 0 Å². The highest BCUT2D eigenvalue weighted by molar-refractivity contribution is 7.99. The smallest absolute Gasteiger partial charge is 0.0369 e. The highest BCUT2D eigenvalue weighted by Crippen LogP contribution is 2.20. The largest absolute Gasteiger partial charge is 0.374 e. The predicted octanol–water partition coefficient (Wildman–Crippen LogP) is 4.53. The summed E-state index contributed by atoms with van der Waals surface area (Å²) in [6.45, 7) is 5.37. The van der Waals surface area contributed by atoms with Crippen LogP contribution in [0.2, 0.25) is 0 Å². The average molecular weight is 271 g/mol. The van der Waals surface area contributed by atoms with Gasteiger partial charge >= 0.3 is 0 Å². The van der Waals surface area contributed by atoms with Gasteiger partial charge in [-0.05, 0) is 49.2 Å². The van der Waals surface area contributed by atoms with E-state index >= 15 is 0 Å². The fourth-order valence-corrected chi connectivity index (χ4v) is 3.07. The van der Waals surface area contributed by atoms with Gasteiger partial charge in [0.2, 0.25) is 0 Å². The van der Waals surface area contributed by atoms with Crippen LogP contribution in [0.25, 0.3) is 0 Å². The fraction of sp³-hybridized carbons (Fsp3) is 0.294. The van der Waals surface area contributed by atoms with Crippen molar-refractivity contribution in [2.45, 2.75) is 18.7 Å². The van der Waals surface area contributed by atoms with Crippen LogP contribution in [-0.4, -0.2) is 19.3 Å². The summed E-state index contributed by atoms with van der Waals surface area (Å²) in [6, 6.07) is 17.3. The standard InChI is InChI=1S/C17H21NS/c1-14-11-15(2)13-16(12-14)18(3)9-10-19-17-7-5-4-6-8-17/h4-8,11-13H,9-10H2,1-3H3. The third kappa shape index (κ3) is 4.32. The Morgan fingerprint density at radius 1 is 0.947 bits per heavy atom. The second-order valence-corrected chi connectivity index (χ2v) is 6.10. The molecule has 0 spiro atoms. The van der Waals surface area contributed by atoms with Gasteiger partial charge in [-0.25, -0.2) is 0 Å². The molecule has 0 atom stereocenters. The number of thioether (sulfide) groups is 1. The zero-order valence-corrected chi connectivity index (χ0v) is 12.7. The van der Waals surface area contributed by atoms with Gasteiger partial charge in [-0.3, -0.25) is 0 Å². The fourth-order valence-electron chi connectivity index (χ4n) is 2.12. The molecule has 0 fully saturated rings. The Kier molecular flexibility index (Phi) is 4.92. The van der Waals surface area contributed by atoms with Gasteiger partial charge in [0.1, 0.15) is 0 Å². The summed E-state index contributed by atoms with van der Waals surface area (Å²) in [4.78, 5) is 3.67. The molecule has 2 aromatic rings. The maximum absolute atomic E-state index is 2.33. The first kappa shape index (κ1) is 14.0. The summed E-state index contributed by atoms with van der Waals surface area (Å²) < 4.78 is 0. The number of rotatable bonds is 5. The first-order chi connectivity index (χ1) is 9.15. The minimum absolute atomic E-state index is 1.06. The number of benzene rings is 2. The molecule has 2 heteroatoms. The lowest BCUT2D eigenvalue weighted by atomic mass is 10.1. The molecular formula is C17H21NS. The van der Waals surface area contributed by atoms with Crippen molar-refractivity contribution in [2.75, 3.05) is 24.2 Å². The van der Waals surface area contributed by atoms with Crippen molar-refractivity contribution in [3.05, 3.63) is 59.7 Å². The molecule has 0 unspecified atom stereocenters. The third-order valence-electron chi connectivity index (χ3n) is 3.09. The van der Waals surface area contributed by atoms with Crippen molar-refractivity contribution in [3.8, 4) is 0 Å². The van der Waals surface area contributed by atoms with Gasteiger partial charge in [-0.15, -0.1) is 11.8 Å². The van der Waals surface area contributed by atoms with Gasteiger partial charge in [-0.1, -0.05) is 24.3 Å². The van der Waals surface area contributed by atoms with Gasteiger partial charge in [0, 0.05) is 29.9 Å². The first-order valence-corrected chi connectivity index (χ1v) is 7.61. The molecule has 0 aliphatic rings. The SMILES string of the molecule is Cc1cc(C)cc(N(C)CCSc2ccccc2)c1. The average Bonchev–Trinajstić information content (AvgIpc) is 2.38. The zero-order valence-electron chi connectivity index (χ0n) is 11.9. The third-order valence-corrected chi connectivity index (χ3v) is 4.08. The Bertz CT molecular complexity index is 502. The molecule has 0 saturated heterocycles. The summed E-state index contributed by atoms with van der Waals surface area (Å²) >= 11 is 1.91. The van der Waals surface area contributed by atoms with Crippen molar-refractivity contribution in [1.29, 1.82) is 0 Å². The van der Waals surface area contributed by atoms with E-state index in [2.05, 4.69) is 74.3 Å². The number of hydrogen-bond acceptors (Lipinski definition) is 2. The van der Waals surface area contributed by atoms with E-state index in [1.807, 2.05) is 11.8 Å². The van der Waals surface area contributed by atoms with Gasteiger partial charge in [-0.2, -0.15) is 0 Å². The topological polar surface area (TPSA) is 3.24 Å². The maximum Gasteiger partial charge on any atom is 0.0369 e. The molecule has 0 bridgehead atoms. The summed E-state index contributed by atoms with van der Waals surface area (Å²) in [6.07, 6.45) is 0. The lowest BCUT2D eigenvalue weighted by Gasteiger charge is -2.20. The minimum Gasteiger partial charge on any atom is -0.374 e. The van der Waals surface area contributed by atoms with E-state index in [1.54, 1.807) is 0 Å². The van der Waals surface area contributed by atoms with Gasteiger partial charge in [0.05, 0.1) is 0 Å². The molecule has 0 saturated carbocycles. The van der Waals surface area contributed by atoms with Gasteiger partial charge in [0.15, 0.2) is 0 Å². The van der Waals surface area contributed by atoms with Crippen LogP contribution in [0.4, 0.5) is 5.69 Å². The first-order valence-electron chi connectivity index (χ1n) is 6.62. The molecular weight excluding hydrogens is 250 g/mol. The monoisotopic (exact) mass is 271 g/mol. The molecule has 0 radical (unpaired) electrons.